The first-order valence-electron chi connectivity index (χ1n) is 4.38. The maximum Gasteiger partial charge on any atom is 0.534 e. The standard InChI is InChI=1S/C9H13F3O3S/c1-7(2)5-4-6-8(3)15-16(13,14)9(10,11)12/h5H,3-4,6H2,1-2H3. The van der Waals surface area contributed by atoms with Crippen molar-refractivity contribution in [2.75, 3.05) is 0 Å². The van der Waals surface area contributed by atoms with Gasteiger partial charge in [-0.15, -0.1) is 0 Å². The predicted octanol–water partition coefficient (Wildman–Crippen LogP) is 3.11. The van der Waals surface area contributed by atoms with Gasteiger partial charge in [0, 0.05) is 6.42 Å². The minimum absolute atomic E-state index is 0.0283. The van der Waals surface area contributed by atoms with Crippen molar-refractivity contribution in [3.63, 3.8) is 0 Å². The highest BCUT2D eigenvalue weighted by molar-refractivity contribution is 7.87. The van der Waals surface area contributed by atoms with Gasteiger partial charge < -0.3 is 4.18 Å². The average Bonchev–Trinajstić information content (AvgIpc) is 1.99. The molecule has 94 valence electrons. The predicted molar refractivity (Wildman–Crippen MR) is 53.9 cm³/mol. The van der Waals surface area contributed by atoms with Gasteiger partial charge in [0.1, 0.15) is 5.76 Å². The van der Waals surface area contributed by atoms with Crippen molar-refractivity contribution < 1.29 is 25.8 Å². The SMILES string of the molecule is C=C(CCC=C(C)C)OS(=O)(=O)C(F)(F)F. The minimum atomic E-state index is -5.57. The smallest absolute Gasteiger partial charge is 0.381 e. The summed E-state index contributed by atoms with van der Waals surface area (Å²) in [6.45, 7) is 6.75. The summed E-state index contributed by atoms with van der Waals surface area (Å²) in [5, 5.41) is 0. The molecule has 0 heterocycles. The van der Waals surface area contributed by atoms with Crippen LogP contribution >= 0.6 is 0 Å². The van der Waals surface area contributed by atoms with Crippen LogP contribution in [0.25, 0.3) is 0 Å². The first-order valence-corrected chi connectivity index (χ1v) is 5.79. The molecule has 0 aromatic carbocycles. The molecule has 0 aromatic heterocycles. The van der Waals surface area contributed by atoms with Crippen LogP contribution in [0.4, 0.5) is 13.2 Å². The lowest BCUT2D eigenvalue weighted by atomic mass is 10.2. The highest BCUT2D eigenvalue weighted by Crippen LogP contribution is 2.27. The topological polar surface area (TPSA) is 43.4 Å². The lowest BCUT2D eigenvalue weighted by molar-refractivity contribution is -0.0523. The second kappa shape index (κ2) is 5.38. The fraction of sp³-hybridized carbons (Fsp3) is 0.556. The molecule has 0 spiro atoms. The van der Waals surface area contributed by atoms with Crippen molar-refractivity contribution in [3.8, 4) is 0 Å². The van der Waals surface area contributed by atoms with Crippen LogP contribution in [0.2, 0.25) is 0 Å². The van der Waals surface area contributed by atoms with E-state index in [4.69, 9.17) is 0 Å². The van der Waals surface area contributed by atoms with Gasteiger partial charge in [0.05, 0.1) is 0 Å². The van der Waals surface area contributed by atoms with Crippen LogP contribution < -0.4 is 0 Å². The molecule has 0 atom stereocenters. The van der Waals surface area contributed by atoms with Gasteiger partial charge >= 0.3 is 15.6 Å². The maximum atomic E-state index is 11.9. The number of allylic oxidation sites excluding steroid dienone is 3. The van der Waals surface area contributed by atoms with Gasteiger partial charge in [-0.2, -0.15) is 21.6 Å². The molecule has 0 bridgehead atoms. The van der Waals surface area contributed by atoms with Gasteiger partial charge in [-0.25, -0.2) is 0 Å². The fourth-order valence-electron chi connectivity index (χ4n) is 0.766. The Hall–Kier alpha value is -0.980. The Morgan fingerprint density at radius 3 is 2.25 bits per heavy atom. The van der Waals surface area contributed by atoms with E-state index in [0.29, 0.717) is 6.42 Å². The largest absolute Gasteiger partial charge is 0.534 e. The summed E-state index contributed by atoms with van der Waals surface area (Å²) in [6.07, 6.45) is 2.16. The Morgan fingerprint density at radius 1 is 1.38 bits per heavy atom. The molecular formula is C9H13F3O3S. The number of alkyl halides is 3. The van der Waals surface area contributed by atoms with Crippen molar-refractivity contribution in [2.24, 2.45) is 0 Å². The summed E-state index contributed by atoms with van der Waals surface area (Å²) in [5.41, 5.74) is -4.43. The third kappa shape index (κ3) is 5.20. The van der Waals surface area contributed by atoms with E-state index in [9.17, 15) is 21.6 Å². The molecule has 0 saturated carbocycles. The van der Waals surface area contributed by atoms with Crippen molar-refractivity contribution in [2.45, 2.75) is 32.2 Å². The minimum Gasteiger partial charge on any atom is -0.381 e. The molecule has 0 unspecified atom stereocenters. The molecule has 0 aliphatic carbocycles. The summed E-state index contributed by atoms with van der Waals surface area (Å²) in [4.78, 5) is 0. The normalized spacial score (nSPS) is 12.1. The van der Waals surface area contributed by atoms with Crippen LogP contribution in [-0.4, -0.2) is 13.9 Å². The second-order valence-electron chi connectivity index (χ2n) is 3.34. The number of hydrogen-bond donors (Lipinski definition) is 0. The van der Waals surface area contributed by atoms with E-state index < -0.39 is 21.4 Å². The molecule has 3 nitrogen and oxygen atoms in total. The monoisotopic (exact) mass is 258 g/mol. The molecule has 0 saturated heterocycles. The van der Waals surface area contributed by atoms with E-state index in [0.717, 1.165) is 5.57 Å². The third-order valence-corrected chi connectivity index (χ3v) is 2.51. The second-order valence-corrected chi connectivity index (χ2v) is 4.88. The van der Waals surface area contributed by atoms with E-state index in [1.807, 2.05) is 13.8 Å². The quantitative estimate of drug-likeness (QED) is 0.329. The zero-order chi connectivity index (χ0) is 13.0. The molecule has 16 heavy (non-hydrogen) atoms. The molecule has 0 aliphatic heterocycles. The van der Waals surface area contributed by atoms with Gasteiger partial charge in [-0.05, 0) is 20.3 Å². The van der Waals surface area contributed by atoms with Crippen molar-refractivity contribution in [1.29, 1.82) is 0 Å². The molecule has 0 radical (unpaired) electrons. The molecule has 7 heteroatoms. The highest BCUT2D eigenvalue weighted by Gasteiger charge is 2.48. The van der Waals surface area contributed by atoms with E-state index >= 15 is 0 Å². The van der Waals surface area contributed by atoms with Crippen molar-refractivity contribution in [3.05, 3.63) is 24.0 Å². The van der Waals surface area contributed by atoms with Gasteiger partial charge in [0.2, 0.25) is 0 Å². The van der Waals surface area contributed by atoms with Crippen LogP contribution in [0.1, 0.15) is 26.7 Å². The molecule has 0 aliphatic rings. The number of rotatable bonds is 5. The first-order chi connectivity index (χ1) is 7.06. The third-order valence-electron chi connectivity index (χ3n) is 1.49. The fourth-order valence-corrected chi connectivity index (χ4v) is 1.25. The maximum absolute atomic E-state index is 11.9. The summed E-state index contributed by atoms with van der Waals surface area (Å²) in [6, 6.07) is 0. The van der Waals surface area contributed by atoms with E-state index in [2.05, 4.69) is 10.8 Å². The van der Waals surface area contributed by atoms with Crippen molar-refractivity contribution >= 4 is 10.1 Å². The molecule has 0 rings (SSSR count). The lowest BCUT2D eigenvalue weighted by Gasteiger charge is -2.10. The molecular weight excluding hydrogens is 245 g/mol. The van der Waals surface area contributed by atoms with Crippen LogP contribution in [-0.2, 0) is 14.3 Å². The first kappa shape index (κ1) is 15.0. The molecule has 0 amide bonds. The van der Waals surface area contributed by atoms with Crippen LogP contribution in [0.3, 0.4) is 0 Å². The number of halogens is 3. The van der Waals surface area contributed by atoms with Gasteiger partial charge in [0.25, 0.3) is 0 Å². The van der Waals surface area contributed by atoms with Crippen LogP contribution in [0.5, 0.6) is 0 Å². The Kier molecular flexibility index (Phi) is 5.05. The van der Waals surface area contributed by atoms with Gasteiger partial charge in [-0.1, -0.05) is 18.2 Å². The molecule has 0 aromatic rings. The van der Waals surface area contributed by atoms with Crippen LogP contribution in [0, 0.1) is 0 Å². The van der Waals surface area contributed by atoms with Gasteiger partial charge in [-0.3, -0.25) is 0 Å². The highest BCUT2D eigenvalue weighted by atomic mass is 32.2. The zero-order valence-corrected chi connectivity index (χ0v) is 9.78. The molecule has 0 fully saturated rings. The lowest BCUT2D eigenvalue weighted by Crippen LogP contribution is -2.25. The van der Waals surface area contributed by atoms with Crippen molar-refractivity contribution in [1.82, 2.24) is 0 Å². The van der Waals surface area contributed by atoms with E-state index in [1.54, 1.807) is 6.08 Å². The summed E-state index contributed by atoms with van der Waals surface area (Å²) >= 11 is 0. The Labute approximate surface area is 92.7 Å². The Balaban J connectivity index is 4.33. The van der Waals surface area contributed by atoms with Crippen LogP contribution in [0.15, 0.2) is 24.0 Å². The summed E-state index contributed by atoms with van der Waals surface area (Å²) in [7, 11) is -5.57. The number of hydrogen-bond acceptors (Lipinski definition) is 3. The molecule has 0 N–H and O–H groups in total. The Bertz CT molecular complexity index is 375. The average molecular weight is 258 g/mol. The Morgan fingerprint density at radius 2 is 1.88 bits per heavy atom. The van der Waals surface area contributed by atoms with E-state index in [1.165, 1.54) is 0 Å². The van der Waals surface area contributed by atoms with E-state index in [-0.39, 0.29) is 6.42 Å². The zero-order valence-electron chi connectivity index (χ0n) is 8.97. The summed E-state index contributed by atoms with van der Waals surface area (Å²) in [5.74, 6) is -0.421. The van der Waals surface area contributed by atoms with Gasteiger partial charge in [0.15, 0.2) is 0 Å². The summed E-state index contributed by atoms with van der Waals surface area (Å²) < 4.78 is 60.5.